The lowest BCUT2D eigenvalue weighted by atomic mass is 9.96. The van der Waals surface area contributed by atoms with Crippen molar-refractivity contribution >= 4 is 12.0 Å². The number of carbonyl (C=O) groups is 2. The molecule has 0 aliphatic carbocycles. The van der Waals surface area contributed by atoms with Crippen LogP contribution in [0, 0.1) is 11.8 Å². The van der Waals surface area contributed by atoms with Gasteiger partial charge in [-0.2, -0.15) is 0 Å². The predicted octanol–water partition coefficient (Wildman–Crippen LogP) is 2.42. The highest BCUT2D eigenvalue weighted by Crippen LogP contribution is 2.24. The summed E-state index contributed by atoms with van der Waals surface area (Å²) in [6.45, 7) is 4.84. The fourth-order valence-electron chi connectivity index (χ4n) is 3.39. The second-order valence-corrected chi connectivity index (χ2v) is 6.13. The molecule has 2 rings (SSSR count). The number of carbonyl (C=O) groups excluding carboxylic acids is 1. The van der Waals surface area contributed by atoms with Gasteiger partial charge in [0.25, 0.3) is 0 Å². The van der Waals surface area contributed by atoms with E-state index in [1.165, 1.54) is 19.3 Å². The highest BCUT2D eigenvalue weighted by molar-refractivity contribution is 5.77. The van der Waals surface area contributed by atoms with Crippen molar-refractivity contribution in [1.82, 2.24) is 9.80 Å². The number of aliphatic carboxylic acids is 1. The normalized spacial score (nSPS) is 27.4. The van der Waals surface area contributed by atoms with Crippen molar-refractivity contribution in [2.24, 2.45) is 11.8 Å². The van der Waals surface area contributed by atoms with E-state index in [0.29, 0.717) is 19.5 Å². The van der Waals surface area contributed by atoms with Gasteiger partial charge in [0, 0.05) is 26.2 Å². The Morgan fingerprint density at radius 3 is 2.50 bits per heavy atom. The lowest BCUT2D eigenvalue weighted by molar-refractivity contribution is -0.141. The molecule has 2 saturated heterocycles. The molecule has 114 valence electrons. The molecule has 0 aromatic heterocycles. The van der Waals surface area contributed by atoms with Crippen LogP contribution in [-0.2, 0) is 4.79 Å². The highest BCUT2D eigenvalue weighted by atomic mass is 16.4. The fraction of sp³-hybridized carbons (Fsp3) is 0.867. The molecule has 5 nitrogen and oxygen atoms in total. The van der Waals surface area contributed by atoms with E-state index in [1.807, 2.05) is 4.90 Å². The summed E-state index contributed by atoms with van der Waals surface area (Å²) in [5, 5.41) is 9.01. The van der Waals surface area contributed by atoms with Crippen molar-refractivity contribution in [3.8, 4) is 0 Å². The van der Waals surface area contributed by atoms with E-state index < -0.39 is 5.97 Å². The molecule has 0 radical (unpaired) electrons. The molecule has 2 fully saturated rings. The number of carboxylic acid groups (broad SMARTS) is 1. The maximum Gasteiger partial charge on any atom is 0.320 e. The first-order chi connectivity index (χ1) is 9.61. The molecule has 20 heavy (non-hydrogen) atoms. The van der Waals surface area contributed by atoms with Crippen LogP contribution < -0.4 is 0 Å². The van der Waals surface area contributed by atoms with Gasteiger partial charge in [0.2, 0.25) is 0 Å². The Kier molecular flexibility index (Phi) is 5.26. The number of hydrogen-bond donors (Lipinski definition) is 1. The molecule has 1 N–H and O–H groups in total. The summed E-state index contributed by atoms with van der Waals surface area (Å²) in [7, 11) is 0. The third-order valence-corrected chi connectivity index (χ3v) is 4.62. The van der Waals surface area contributed by atoms with E-state index in [-0.39, 0.29) is 11.9 Å². The van der Waals surface area contributed by atoms with Gasteiger partial charge >= 0.3 is 12.0 Å². The van der Waals surface area contributed by atoms with E-state index in [4.69, 9.17) is 5.11 Å². The average molecular weight is 282 g/mol. The molecule has 0 saturated carbocycles. The molecule has 0 bridgehead atoms. The van der Waals surface area contributed by atoms with Crippen LogP contribution in [0.25, 0.3) is 0 Å². The minimum atomic E-state index is -0.779. The highest BCUT2D eigenvalue weighted by Gasteiger charge is 2.33. The third-order valence-electron chi connectivity index (χ3n) is 4.62. The van der Waals surface area contributed by atoms with Gasteiger partial charge in [0.15, 0.2) is 0 Å². The molecule has 5 heteroatoms. The van der Waals surface area contributed by atoms with Crippen LogP contribution in [0.4, 0.5) is 4.79 Å². The first-order valence-corrected chi connectivity index (χ1v) is 7.88. The Hall–Kier alpha value is -1.26. The quantitative estimate of drug-likeness (QED) is 0.864. The van der Waals surface area contributed by atoms with Crippen molar-refractivity contribution in [2.75, 3.05) is 26.2 Å². The van der Waals surface area contributed by atoms with E-state index >= 15 is 0 Å². The Labute approximate surface area is 120 Å². The van der Waals surface area contributed by atoms with Crippen molar-refractivity contribution in [3.05, 3.63) is 0 Å². The van der Waals surface area contributed by atoms with Gasteiger partial charge in [-0.25, -0.2) is 4.79 Å². The molecule has 2 heterocycles. The molecule has 2 aliphatic heterocycles. The fourth-order valence-corrected chi connectivity index (χ4v) is 3.39. The Balaban J connectivity index is 1.85. The van der Waals surface area contributed by atoms with Crippen molar-refractivity contribution in [3.63, 3.8) is 0 Å². The minimum Gasteiger partial charge on any atom is -0.481 e. The lowest BCUT2D eigenvalue weighted by Gasteiger charge is -2.27. The van der Waals surface area contributed by atoms with Crippen LogP contribution in [0.3, 0.4) is 0 Å². The van der Waals surface area contributed by atoms with Gasteiger partial charge in [-0.1, -0.05) is 19.8 Å². The summed E-state index contributed by atoms with van der Waals surface area (Å²) >= 11 is 0. The average Bonchev–Trinajstić information content (AvgIpc) is 2.80. The number of rotatable bonds is 3. The van der Waals surface area contributed by atoms with Crippen LogP contribution in [-0.4, -0.2) is 53.1 Å². The van der Waals surface area contributed by atoms with Gasteiger partial charge in [-0.15, -0.1) is 0 Å². The van der Waals surface area contributed by atoms with Crippen LogP contribution in [0.1, 0.15) is 45.4 Å². The maximum atomic E-state index is 12.4. The first-order valence-electron chi connectivity index (χ1n) is 7.88. The largest absolute Gasteiger partial charge is 0.481 e. The van der Waals surface area contributed by atoms with Crippen LogP contribution >= 0.6 is 0 Å². The van der Waals surface area contributed by atoms with Gasteiger partial charge in [0.05, 0.1) is 5.92 Å². The van der Waals surface area contributed by atoms with Crippen LogP contribution in [0.2, 0.25) is 0 Å². The third kappa shape index (κ3) is 3.64. The summed E-state index contributed by atoms with van der Waals surface area (Å²) in [5.41, 5.74) is 0. The molecule has 2 atom stereocenters. The smallest absolute Gasteiger partial charge is 0.320 e. The standard InChI is InChI=1S/C15H26N2O3/c1-2-4-12-5-3-8-16(9-6-12)15(20)17-10-7-13(11-17)14(18)19/h12-13H,2-11H2,1H3,(H,18,19). The molecular weight excluding hydrogens is 256 g/mol. The summed E-state index contributed by atoms with van der Waals surface area (Å²) in [6, 6.07) is 0.0471. The summed E-state index contributed by atoms with van der Waals surface area (Å²) in [5.74, 6) is -0.402. The van der Waals surface area contributed by atoms with Crippen LogP contribution in [0.15, 0.2) is 0 Å². The van der Waals surface area contributed by atoms with E-state index in [0.717, 1.165) is 31.8 Å². The number of urea groups is 1. The lowest BCUT2D eigenvalue weighted by Crippen LogP contribution is -2.42. The number of likely N-dealkylation sites (tertiary alicyclic amines) is 2. The zero-order chi connectivity index (χ0) is 14.5. The van der Waals surface area contributed by atoms with Crippen molar-refractivity contribution < 1.29 is 14.7 Å². The van der Waals surface area contributed by atoms with Gasteiger partial charge in [-0.3, -0.25) is 4.79 Å². The monoisotopic (exact) mass is 282 g/mol. The molecule has 0 spiro atoms. The van der Waals surface area contributed by atoms with Gasteiger partial charge < -0.3 is 14.9 Å². The van der Waals surface area contributed by atoms with Crippen molar-refractivity contribution in [1.29, 1.82) is 0 Å². The maximum absolute atomic E-state index is 12.4. The molecular formula is C15H26N2O3. The zero-order valence-electron chi connectivity index (χ0n) is 12.4. The Morgan fingerprint density at radius 1 is 1.10 bits per heavy atom. The van der Waals surface area contributed by atoms with Crippen molar-refractivity contribution in [2.45, 2.75) is 45.4 Å². The zero-order valence-corrected chi connectivity index (χ0v) is 12.4. The van der Waals surface area contributed by atoms with E-state index in [1.54, 1.807) is 4.90 Å². The number of nitrogens with zero attached hydrogens (tertiary/aromatic N) is 2. The minimum absolute atomic E-state index is 0.0471. The molecule has 2 amide bonds. The number of hydrogen-bond acceptors (Lipinski definition) is 2. The SMILES string of the molecule is CCCC1CCCN(C(=O)N2CCC(C(=O)O)C2)CC1. The second kappa shape index (κ2) is 6.95. The molecule has 2 unspecified atom stereocenters. The summed E-state index contributed by atoms with van der Waals surface area (Å²) in [6.07, 6.45) is 6.45. The van der Waals surface area contributed by atoms with Crippen LogP contribution in [0.5, 0.6) is 0 Å². The molecule has 0 aromatic carbocycles. The molecule has 2 aliphatic rings. The topological polar surface area (TPSA) is 60.9 Å². The van der Waals surface area contributed by atoms with E-state index in [9.17, 15) is 9.59 Å². The Bertz CT molecular complexity index is 359. The second-order valence-electron chi connectivity index (χ2n) is 6.13. The van der Waals surface area contributed by atoms with Gasteiger partial charge in [0.1, 0.15) is 0 Å². The number of amides is 2. The summed E-state index contributed by atoms with van der Waals surface area (Å²) in [4.78, 5) is 27.1. The first kappa shape index (κ1) is 15.1. The Morgan fingerprint density at radius 2 is 1.85 bits per heavy atom. The van der Waals surface area contributed by atoms with E-state index in [2.05, 4.69) is 6.92 Å². The summed E-state index contributed by atoms with van der Waals surface area (Å²) < 4.78 is 0. The predicted molar refractivity (Wildman–Crippen MR) is 76.5 cm³/mol. The van der Waals surface area contributed by atoms with Gasteiger partial charge in [-0.05, 0) is 31.6 Å². The molecule has 0 aromatic rings. The number of carboxylic acids is 1.